The molecule has 0 saturated carbocycles. The molecular weight excluding hydrogens is 194 g/mol. The normalized spacial score (nSPS) is 13.6. The van der Waals surface area contributed by atoms with Crippen molar-refractivity contribution in [1.82, 2.24) is 4.98 Å². The van der Waals surface area contributed by atoms with Crippen molar-refractivity contribution >= 4 is 5.97 Å². The Hall–Kier alpha value is -1.56. The van der Waals surface area contributed by atoms with E-state index in [1.54, 1.807) is 0 Å². The first-order chi connectivity index (χ1) is 6.46. The predicted octanol–water partition coefficient (Wildman–Crippen LogP) is 0.585. The zero-order chi connectivity index (χ0) is 10.8. The van der Waals surface area contributed by atoms with Crippen LogP contribution in [-0.4, -0.2) is 22.1 Å². The topological polar surface area (TPSA) is 76.2 Å². The molecule has 1 aromatic heterocycles. The molecule has 0 amide bonds. The number of rotatable bonds is 3. The quantitative estimate of drug-likeness (QED) is 0.751. The van der Waals surface area contributed by atoms with Crippen molar-refractivity contribution in [2.45, 2.75) is 12.0 Å². The molecular formula is C8H8F2N2O2. The second-order valence-electron chi connectivity index (χ2n) is 2.68. The molecule has 3 N–H and O–H groups in total. The Morgan fingerprint density at radius 1 is 1.64 bits per heavy atom. The van der Waals surface area contributed by atoms with Gasteiger partial charge in [-0.2, -0.15) is 8.78 Å². The molecule has 0 spiro atoms. The fraction of sp³-hybridized carbons (Fsp3) is 0.250. The predicted molar refractivity (Wildman–Crippen MR) is 43.7 cm³/mol. The highest BCUT2D eigenvalue weighted by Crippen LogP contribution is 2.29. The van der Waals surface area contributed by atoms with Crippen LogP contribution >= 0.6 is 0 Å². The Balaban J connectivity index is 3.02. The number of aromatic nitrogens is 1. The van der Waals surface area contributed by atoms with Gasteiger partial charge in [-0.15, -0.1) is 0 Å². The van der Waals surface area contributed by atoms with E-state index in [0.29, 0.717) is 0 Å². The van der Waals surface area contributed by atoms with Crippen LogP contribution in [0.15, 0.2) is 24.5 Å². The summed E-state index contributed by atoms with van der Waals surface area (Å²) in [5, 5.41) is 8.35. The fourth-order valence-electron chi connectivity index (χ4n) is 0.895. The molecule has 0 aliphatic heterocycles. The van der Waals surface area contributed by atoms with Crippen molar-refractivity contribution < 1.29 is 18.7 Å². The monoisotopic (exact) mass is 202 g/mol. The molecule has 0 radical (unpaired) electrons. The highest BCUT2D eigenvalue weighted by Gasteiger charge is 2.43. The van der Waals surface area contributed by atoms with Crippen LogP contribution in [0.5, 0.6) is 0 Å². The Bertz CT molecular complexity index is 329. The number of pyridine rings is 1. The number of carboxylic acids is 1. The van der Waals surface area contributed by atoms with Crippen molar-refractivity contribution in [2.75, 3.05) is 0 Å². The van der Waals surface area contributed by atoms with Gasteiger partial charge in [0.1, 0.15) is 0 Å². The summed E-state index contributed by atoms with van der Waals surface area (Å²) in [6, 6.07) is 0.111. The zero-order valence-corrected chi connectivity index (χ0v) is 7.02. The molecule has 14 heavy (non-hydrogen) atoms. The van der Waals surface area contributed by atoms with Crippen LogP contribution in [0.4, 0.5) is 8.78 Å². The average molecular weight is 202 g/mol. The summed E-state index contributed by atoms with van der Waals surface area (Å²) in [5.41, 5.74) is 4.34. The first-order valence-corrected chi connectivity index (χ1v) is 3.73. The summed E-state index contributed by atoms with van der Waals surface area (Å²) in [5.74, 6) is -5.36. The fourth-order valence-corrected chi connectivity index (χ4v) is 0.895. The zero-order valence-electron chi connectivity index (χ0n) is 7.02. The van der Waals surface area contributed by atoms with E-state index in [9.17, 15) is 13.6 Å². The van der Waals surface area contributed by atoms with Crippen LogP contribution in [0.3, 0.4) is 0 Å². The van der Waals surface area contributed by atoms with Gasteiger partial charge in [-0.3, -0.25) is 9.78 Å². The maximum absolute atomic E-state index is 13.3. The molecule has 1 aromatic rings. The molecule has 1 unspecified atom stereocenters. The van der Waals surface area contributed by atoms with Gasteiger partial charge in [0.2, 0.25) is 0 Å². The van der Waals surface area contributed by atoms with E-state index in [1.165, 1.54) is 12.3 Å². The van der Waals surface area contributed by atoms with Gasteiger partial charge < -0.3 is 10.8 Å². The smallest absolute Gasteiger partial charge is 0.327 e. The van der Waals surface area contributed by atoms with Crippen LogP contribution < -0.4 is 5.73 Å². The summed E-state index contributed by atoms with van der Waals surface area (Å²) in [7, 11) is 0. The maximum Gasteiger partial charge on any atom is 0.327 e. The number of hydrogen-bond acceptors (Lipinski definition) is 3. The van der Waals surface area contributed by atoms with Crippen molar-refractivity contribution in [1.29, 1.82) is 0 Å². The van der Waals surface area contributed by atoms with Gasteiger partial charge in [0, 0.05) is 18.0 Å². The van der Waals surface area contributed by atoms with Gasteiger partial charge in [-0.25, -0.2) is 0 Å². The molecule has 1 atom stereocenters. The molecule has 1 rings (SSSR count). The number of carbonyl (C=O) groups is 1. The van der Waals surface area contributed by atoms with Crippen molar-refractivity contribution in [2.24, 2.45) is 5.73 Å². The molecule has 0 saturated heterocycles. The Labute approximate surface area is 78.4 Å². The molecule has 1 heterocycles. The summed E-state index contributed by atoms with van der Waals surface area (Å²) >= 11 is 0. The first-order valence-electron chi connectivity index (χ1n) is 3.73. The number of nitrogens with two attached hydrogens (primary N) is 1. The molecule has 0 fully saturated rings. The van der Waals surface area contributed by atoms with E-state index in [4.69, 9.17) is 10.8 Å². The highest BCUT2D eigenvalue weighted by molar-refractivity contribution is 5.74. The lowest BCUT2D eigenvalue weighted by Gasteiger charge is -2.19. The van der Waals surface area contributed by atoms with Gasteiger partial charge >= 0.3 is 5.97 Å². The van der Waals surface area contributed by atoms with Gasteiger partial charge in [0.25, 0.3) is 5.92 Å². The first kappa shape index (κ1) is 10.5. The number of halogens is 2. The van der Waals surface area contributed by atoms with E-state index < -0.39 is 23.5 Å². The molecule has 76 valence electrons. The number of alkyl halides is 2. The lowest BCUT2D eigenvalue weighted by atomic mass is 10.0. The summed E-state index contributed by atoms with van der Waals surface area (Å²) in [6.45, 7) is 0. The minimum Gasteiger partial charge on any atom is -0.480 e. The van der Waals surface area contributed by atoms with Crippen molar-refractivity contribution in [3.63, 3.8) is 0 Å². The summed E-state index contributed by atoms with van der Waals surface area (Å²) < 4.78 is 26.5. The largest absolute Gasteiger partial charge is 0.480 e. The second-order valence-corrected chi connectivity index (χ2v) is 2.68. The standard InChI is InChI=1S/C8H8F2N2O2/c9-8(10,6(11)7(13)14)5-2-1-3-12-4-5/h1-4,6H,11H2,(H,13,14). The third-order valence-electron chi connectivity index (χ3n) is 1.70. The van der Waals surface area contributed by atoms with E-state index in [0.717, 1.165) is 12.3 Å². The molecule has 6 heteroatoms. The van der Waals surface area contributed by atoms with E-state index in [2.05, 4.69) is 4.98 Å². The number of carboxylic acid groups (broad SMARTS) is 1. The SMILES string of the molecule is NC(C(=O)O)C(F)(F)c1cccnc1. The summed E-state index contributed by atoms with van der Waals surface area (Å²) in [6.07, 6.45) is 2.20. The maximum atomic E-state index is 13.3. The van der Waals surface area contributed by atoms with Gasteiger partial charge in [-0.05, 0) is 12.1 Å². The van der Waals surface area contributed by atoms with Gasteiger partial charge in [-0.1, -0.05) is 0 Å². The highest BCUT2D eigenvalue weighted by atomic mass is 19.3. The average Bonchev–Trinajstić information content (AvgIpc) is 2.18. The number of nitrogens with zero attached hydrogens (tertiary/aromatic N) is 1. The van der Waals surface area contributed by atoms with Crippen LogP contribution in [0.1, 0.15) is 5.56 Å². The third kappa shape index (κ3) is 1.85. The van der Waals surface area contributed by atoms with Crippen molar-refractivity contribution in [3.05, 3.63) is 30.1 Å². The number of aliphatic carboxylic acids is 1. The van der Waals surface area contributed by atoms with Gasteiger partial charge in [0.05, 0.1) is 0 Å². The van der Waals surface area contributed by atoms with Crippen LogP contribution in [0, 0.1) is 0 Å². The summed E-state index contributed by atoms with van der Waals surface area (Å²) in [4.78, 5) is 13.8. The van der Waals surface area contributed by atoms with Crippen LogP contribution in [0.25, 0.3) is 0 Å². The minimum atomic E-state index is -3.61. The molecule has 0 bridgehead atoms. The third-order valence-corrected chi connectivity index (χ3v) is 1.70. The van der Waals surface area contributed by atoms with Crippen LogP contribution in [0.2, 0.25) is 0 Å². The molecule has 4 nitrogen and oxygen atoms in total. The Morgan fingerprint density at radius 2 is 2.29 bits per heavy atom. The van der Waals surface area contributed by atoms with E-state index in [-0.39, 0.29) is 0 Å². The lowest BCUT2D eigenvalue weighted by molar-refractivity contribution is -0.149. The van der Waals surface area contributed by atoms with Gasteiger partial charge in [0.15, 0.2) is 6.04 Å². The van der Waals surface area contributed by atoms with E-state index >= 15 is 0 Å². The lowest BCUT2D eigenvalue weighted by Crippen LogP contribution is -2.45. The number of hydrogen-bond donors (Lipinski definition) is 2. The second kappa shape index (κ2) is 3.67. The van der Waals surface area contributed by atoms with Crippen molar-refractivity contribution in [3.8, 4) is 0 Å². The minimum absolute atomic E-state index is 0.505. The Morgan fingerprint density at radius 3 is 2.71 bits per heavy atom. The Kier molecular flexibility index (Phi) is 2.76. The molecule has 0 aromatic carbocycles. The molecule has 0 aliphatic rings. The molecule has 0 aliphatic carbocycles. The van der Waals surface area contributed by atoms with Crippen LogP contribution in [-0.2, 0) is 10.7 Å². The van der Waals surface area contributed by atoms with E-state index in [1.807, 2.05) is 0 Å².